The number of fused-ring (bicyclic) bond motifs is 1. The van der Waals surface area contributed by atoms with Gasteiger partial charge < -0.3 is 14.2 Å². The van der Waals surface area contributed by atoms with Crippen LogP contribution in [-0.4, -0.2) is 34.7 Å². The van der Waals surface area contributed by atoms with E-state index in [0.717, 1.165) is 43.2 Å². The molecule has 3 aromatic rings. The molecule has 2 aromatic carbocycles. The molecule has 0 N–H and O–H groups in total. The lowest BCUT2D eigenvalue weighted by molar-refractivity contribution is -0.144. The van der Waals surface area contributed by atoms with E-state index < -0.39 is 0 Å². The molecule has 2 amide bonds. The van der Waals surface area contributed by atoms with E-state index in [1.54, 1.807) is 15.9 Å². The molecule has 6 heteroatoms. The van der Waals surface area contributed by atoms with Crippen molar-refractivity contribution < 1.29 is 14.0 Å². The van der Waals surface area contributed by atoms with Gasteiger partial charge in [0, 0.05) is 19.0 Å². The largest absolute Gasteiger partial charge is 0.464 e. The Morgan fingerprint density at radius 1 is 0.974 bits per heavy atom. The second-order valence-electron chi connectivity index (χ2n) is 11.1. The van der Waals surface area contributed by atoms with E-state index in [2.05, 4.69) is 13.8 Å². The van der Waals surface area contributed by atoms with Crippen molar-refractivity contribution in [2.24, 2.45) is 11.8 Å². The van der Waals surface area contributed by atoms with Gasteiger partial charge in [-0.2, -0.15) is 0 Å². The molecule has 1 saturated carbocycles. The van der Waals surface area contributed by atoms with E-state index in [-0.39, 0.29) is 36.3 Å². The van der Waals surface area contributed by atoms with Crippen LogP contribution < -0.4 is 5.43 Å². The van der Waals surface area contributed by atoms with Crippen LogP contribution in [-0.2, 0) is 22.7 Å². The zero-order valence-electron chi connectivity index (χ0n) is 22.9. The molecule has 38 heavy (non-hydrogen) atoms. The van der Waals surface area contributed by atoms with Gasteiger partial charge in [0.25, 0.3) is 0 Å². The third kappa shape index (κ3) is 7.12. The van der Waals surface area contributed by atoms with E-state index in [4.69, 9.17) is 4.42 Å². The van der Waals surface area contributed by atoms with Crippen LogP contribution in [0.1, 0.15) is 69.1 Å². The summed E-state index contributed by atoms with van der Waals surface area (Å²) in [5, 5.41) is 0.514. The Labute approximate surface area is 225 Å². The minimum atomic E-state index is -0.162. The van der Waals surface area contributed by atoms with Crippen LogP contribution in [0.5, 0.6) is 0 Å². The summed E-state index contributed by atoms with van der Waals surface area (Å²) < 4.78 is 5.77. The Hall–Kier alpha value is -3.41. The van der Waals surface area contributed by atoms with Gasteiger partial charge in [-0.3, -0.25) is 14.4 Å². The monoisotopic (exact) mass is 516 g/mol. The Morgan fingerprint density at radius 3 is 2.42 bits per heavy atom. The second kappa shape index (κ2) is 12.9. The second-order valence-corrected chi connectivity index (χ2v) is 11.1. The van der Waals surface area contributed by atoms with Gasteiger partial charge >= 0.3 is 0 Å². The molecule has 0 aliphatic heterocycles. The van der Waals surface area contributed by atoms with Crippen LogP contribution in [0.4, 0.5) is 0 Å². The lowest BCUT2D eigenvalue weighted by Crippen LogP contribution is -2.45. The summed E-state index contributed by atoms with van der Waals surface area (Å²) in [7, 11) is 0. The average Bonchev–Trinajstić information content (AvgIpc) is 2.92. The van der Waals surface area contributed by atoms with Gasteiger partial charge in [-0.1, -0.05) is 75.1 Å². The summed E-state index contributed by atoms with van der Waals surface area (Å²) >= 11 is 0. The van der Waals surface area contributed by atoms with E-state index in [9.17, 15) is 14.4 Å². The molecule has 0 saturated heterocycles. The molecule has 1 aliphatic carbocycles. The predicted octanol–water partition coefficient (Wildman–Crippen LogP) is 6.09. The fourth-order valence-electron chi connectivity index (χ4n) is 5.19. The molecule has 1 aliphatic rings. The molecule has 0 bridgehead atoms. The van der Waals surface area contributed by atoms with Crippen LogP contribution in [0.3, 0.4) is 0 Å². The molecule has 1 aromatic heterocycles. The average molecular weight is 517 g/mol. The van der Waals surface area contributed by atoms with E-state index >= 15 is 0 Å². The summed E-state index contributed by atoms with van der Waals surface area (Å²) in [4.78, 5) is 44.1. The highest BCUT2D eigenvalue weighted by atomic mass is 16.3. The molecule has 6 nitrogen and oxygen atoms in total. The number of aryl methyl sites for hydroxylation is 1. The van der Waals surface area contributed by atoms with Crippen LogP contribution >= 0.6 is 0 Å². The van der Waals surface area contributed by atoms with E-state index in [0.29, 0.717) is 35.5 Å². The SMILES string of the molecule is Cc1ccc2occ(CN(Cc3ccccc3)C(=O)CN(CCC(C)C)C(=O)C3CCCCC3)c(=O)c2c1. The first-order valence-electron chi connectivity index (χ1n) is 13.9. The minimum Gasteiger partial charge on any atom is -0.464 e. The van der Waals surface area contributed by atoms with Crippen molar-refractivity contribution >= 4 is 22.8 Å². The molecular weight excluding hydrogens is 476 g/mol. The van der Waals surface area contributed by atoms with Crippen molar-refractivity contribution in [2.45, 2.75) is 72.4 Å². The lowest BCUT2D eigenvalue weighted by atomic mass is 9.88. The Morgan fingerprint density at radius 2 is 1.71 bits per heavy atom. The van der Waals surface area contributed by atoms with Crippen LogP contribution in [0, 0.1) is 18.8 Å². The number of nitrogens with zero attached hydrogens (tertiary/aromatic N) is 2. The maximum Gasteiger partial charge on any atom is 0.242 e. The zero-order valence-corrected chi connectivity index (χ0v) is 22.9. The highest BCUT2D eigenvalue weighted by Gasteiger charge is 2.29. The summed E-state index contributed by atoms with van der Waals surface area (Å²) in [5.41, 5.74) is 2.77. The van der Waals surface area contributed by atoms with E-state index in [1.807, 2.05) is 49.4 Å². The number of hydrogen-bond acceptors (Lipinski definition) is 4. The highest BCUT2D eigenvalue weighted by Crippen LogP contribution is 2.26. The Bertz CT molecular complexity index is 1290. The fourth-order valence-corrected chi connectivity index (χ4v) is 5.19. The van der Waals surface area contributed by atoms with Crippen molar-refractivity contribution in [1.82, 2.24) is 9.80 Å². The van der Waals surface area contributed by atoms with Crippen molar-refractivity contribution in [1.29, 1.82) is 0 Å². The first-order chi connectivity index (χ1) is 18.3. The molecule has 0 atom stereocenters. The number of benzene rings is 2. The smallest absolute Gasteiger partial charge is 0.242 e. The van der Waals surface area contributed by atoms with Gasteiger partial charge in [0.2, 0.25) is 11.8 Å². The number of rotatable bonds is 10. The summed E-state index contributed by atoms with van der Waals surface area (Å²) in [5.74, 6) is 0.365. The molecular formula is C32H40N2O4. The number of amides is 2. The first-order valence-corrected chi connectivity index (χ1v) is 13.9. The van der Waals surface area contributed by atoms with E-state index in [1.165, 1.54) is 12.7 Å². The van der Waals surface area contributed by atoms with Gasteiger partial charge in [-0.15, -0.1) is 0 Å². The third-order valence-corrected chi connectivity index (χ3v) is 7.50. The third-order valence-electron chi connectivity index (χ3n) is 7.50. The van der Waals surface area contributed by atoms with Crippen LogP contribution in [0.2, 0.25) is 0 Å². The molecule has 1 fully saturated rings. The molecule has 0 unspecified atom stereocenters. The molecule has 0 radical (unpaired) electrons. The quantitative estimate of drug-likeness (QED) is 0.327. The van der Waals surface area contributed by atoms with Crippen molar-refractivity contribution in [3.63, 3.8) is 0 Å². The zero-order chi connectivity index (χ0) is 27.1. The minimum absolute atomic E-state index is 0.00191. The van der Waals surface area contributed by atoms with Gasteiger partial charge in [-0.05, 0) is 49.8 Å². The van der Waals surface area contributed by atoms with Gasteiger partial charge in [0.1, 0.15) is 5.58 Å². The van der Waals surface area contributed by atoms with Crippen molar-refractivity contribution in [2.75, 3.05) is 13.1 Å². The maximum absolute atomic E-state index is 13.8. The van der Waals surface area contributed by atoms with Crippen molar-refractivity contribution in [3.8, 4) is 0 Å². The lowest BCUT2D eigenvalue weighted by Gasteiger charge is -2.32. The Balaban J connectivity index is 1.60. The highest BCUT2D eigenvalue weighted by molar-refractivity contribution is 5.86. The molecule has 1 heterocycles. The van der Waals surface area contributed by atoms with Crippen LogP contribution in [0.15, 0.2) is 64.0 Å². The van der Waals surface area contributed by atoms with Gasteiger partial charge in [0.05, 0.1) is 30.3 Å². The molecule has 0 spiro atoms. The predicted molar refractivity (Wildman–Crippen MR) is 151 cm³/mol. The summed E-state index contributed by atoms with van der Waals surface area (Å²) in [6.07, 6.45) is 7.42. The number of carbonyl (C=O) groups excluding carboxylic acids is 2. The number of hydrogen-bond donors (Lipinski definition) is 0. The maximum atomic E-state index is 13.8. The van der Waals surface area contributed by atoms with Gasteiger partial charge in [-0.25, -0.2) is 0 Å². The summed E-state index contributed by atoms with van der Waals surface area (Å²) in [6.45, 7) is 7.26. The molecule has 202 valence electrons. The topological polar surface area (TPSA) is 70.8 Å². The normalized spacial score (nSPS) is 14.1. The van der Waals surface area contributed by atoms with Crippen molar-refractivity contribution in [3.05, 3.63) is 81.7 Å². The Kier molecular flexibility index (Phi) is 9.38. The molecule has 4 rings (SSSR count). The standard InChI is InChI=1S/C32H40N2O4/c1-23(2)16-17-33(32(37)26-12-8-5-9-13-26)21-30(35)34(19-25-10-6-4-7-11-25)20-27-22-38-29-15-14-24(3)18-28(29)31(27)36/h4,6-7,10-11,14-15,18,22-23,26H,5,8-9,12-13,16-17,19-21H2,1-3H3. The summed E-state index contributed by atoms with van der Waals surface area (Å²) in [6, 6.07) is 15.3. The number of carbonyl (C=O) groups is 2. The van der Waals surface area contributed by atoms with Gasteiger partial charge in [0.15, 0.2) is 5.43 Å². The fraction of sp³-hybridized carbons (Fsp3) is 0.469. The van der Waals surface area contributed by atoms with Crippen LogP contribution in [0.25, 0.3) is 11.0 Å². The first kappa shape index (κ1) is 27.6.